The van der Waals surface area contributed by atoms with Crippen LogP contribution in [0.2, 0.25) is 0 Å². The second-order valence-corrected chi connectivity index (χ2v) is 7.92. The van der Waals surface area contributed by atoms with Gasteiger partial charge in [-0.3, -0.25) is 4.79 Å². The molecule has 0 bridgehead atoms. The number of amides is 1. The molecule has 0 unspecified atom stereocenters. The van der Waals surface area contributed by atoms with Crippen LogP contribution in [-0.4, -0.2) is 20.7 Å². The first-order valence-electron chi connectivity index (χ1n) is 11.0. The Labute approximate surface area is 200 Å². The normalized spacial score (nSPS) is 10.8. The summed E-state index contributed by atoms with van der Waals surface area (Å²) in [6, 6.07) is 28.8. The third-order valence-electron chi connectivity index (χ3n) is 5.47. The molecule has 0 atom stereocenters. The highest BCUT2D eigenvalue weighted by atomic mass is 19.1. The lowest BCUT2D eigenvalue weighted by Gasteiger charge is -2.06. The number of benzene rings is 4. The molecule has 1 amide bonds. The van der Waals surface area contributed by atoms with E-state index < -0.39 is 11.7 Å². The number of rotatable bonds is 6. The highest BCUT2D eigenvalue weighted by molar-refractivity contribution is 6.04. The lowest BCUT2D eigenvalue weighted by Crippen LogP contribution is -2.13. The summed E-state index contributed by atoms with van der Waals surface area (Å²) in [6.45, 7) is 0.425. The van der Waals surface area contributed by atoms with Gasteiger partial charge in [0.25, 0.3) is 5.91 Å². The summed E-state index contributed by atoms with van der Waals surface area (Å²) < 4.78 is 29.0. The largest absolute Gasteiger partial charge is 0.322 e. The molecule has 35 heavy (non-hydrogen) atoms. The number of aromatic nitrogens is 3. The molecule has 0 saturated heterocycles. The second-order valence-electron chi connectivity index (χ2n) is 7.92. The van der Waals surface area contributed by atoms with Gasteiger partial charge in [-0.2, -0.15) is 5.10 Å². The van der Waals surface area contributed by atoms with Crippen molar-refractivity contribution in [3.63, 3.8) is 0 Å². The number of carbonyl (C=O) groups is 1. The Morgan fingerprint density at radius 1 is 0.771 bits per heavy atom. The van der Waals surface area contributed by atoms with E-state index in [1.165, 1.54) is 30.3 Å². The fourth-order valence-electron chi connectivity index (χ4n) is 3.68. The summed E-state index contributed by atoms with van der Waals surface area (Å²) in [4.78, 5) is 17.1. The van der Waals surface area contributed by atoms with Gasteiger partial charge in [0, 0.05) is 16.8 Å². The Morgan fingerprint density at radius 3 is 2.17 bits per heavy atom. The van der Waals surface area contributed by atoms with Gasteiger partial charge in [-0.25, -0.2) is 18.4 Å². The molecule has 0 radical (unpaired) electrons. The lowest BCUT2D eigenvalue weighted by atomic mass is 10.1. The van der Waals surface area contributed by atoms with Crippen molar-refractivity contribution >= 4 is 11.6 Å². The Morgan fingerprint density at radius 2 is 1.46 bits per heavy atom. The fourth-order valence-corrected chi connectivity index (χ4v) is 3.68. The second kappa shape index (κ2) is 9.69. The fraction of sp³-hybridized carbons (Fsp3) is 0.0357. The van der Waals surface area contributed by atoms with Crippen LogP contribution >= 0.6 is 0 Å². The van der Waals surface area contributed by atoms with E-state index in [0.717, 1.165) is 16.7 Å². The van der Waals surface area contributed by atoms with E-state index in [9.17, 15) is 13.6 Å². The summed E-state index contributed by atoms with van der Waals surface area (Å²) in [5, 5.41) is 7.40. The van der Waals surface area contributed by atoms with Gasteiger partial charge in [-0.15, -0.1) is 0 Å². The van der Waals surface area contributed by atoms with Crippen molar-refractivity contribution in [1.29, 1.82) is 0 Å². The van der Waals surface area contributed by atoms with Crippen LogP contribution in [0.25, 0.3) is 22.8 Å². The van der Waals surface area contributed by atoms with Crippen LogP contribution in [-0.2, 0) is 6.54 Å². The first-order chi connectivity index (χ1) is 17.1. The molecule has 172 valence electrons. The topological polar surface area (TPSA) is 59.8 Å². The van der Waals surface area contributed by atoms with E-state index >= 15 is 0 Å². The number of hydrogen-bond donors (Lipinski definition) is 1. The Bertz CT molecular complexity index is 1460. The van der Waals surface area contributed by atoms with Crippen LogP contribution < -0.4 is 5.32 Å². The standard InChI is InChI=1S/C28H20F2N4O/c29-22-14-10-19(11-15-22)18-34-27(21-6-2-1-3-7-21)32-26(33-34)20-12-16-23(17-13-20)31-28(35)24-8-4-5-9-25(24)30/h1-17H,18H2,(H,31,35). The van der Waals surface area contributed by atoms with Crippen molar-refractivity contribution in [3.8, 4) is 22.8 Å². The summed E-state index contributed by atoms with van der Waals surface area (Å²) in [5.74, 6) is -0.201. The summed E-state index contributed by atoms with van der Waals surface area (Å²) in [6.07, 6.45) is 0. The van der Waals surface area contributed by atoms with Gasteiger partial charge in [-0.05, 0) is 54.1 Å². The van der Waals surface area contributed by atoms with Crippen molar-refractivity contribution in [1.82, 2.24) is 14.8 Å². The molecule has 0 aliphatic rings. The number of halogens is 2. The zero-order valence-corrected chi connectivity index (χ0v) is 18.5. The quantitative estimate of drug-likeness (QED) is 0.325. The maximum Gasteiger partial charge on any atom is 0.258 e. The molecule has 1 N–H and O–H groups in total. The molecule has 1 heterocycles. The molecule has 0 saturated carbocycles. The Balaban J connectivity index is 1.42. The molecule has 0 spiro atoms. The van der Waals surface area contributed by atoms with Gasteiger partial charge in [0.05, 0.1) is 12.1 Å². The van der Waals surface area contributed by atoms with E-state index in [1.807, 2.05) is 30.3 Å². The highest BCUT2D eigenvalue weighted by Crippen LogP contribution is 2.25. The maximum atomic E-state index is 13.9. The van der Waals surface area contributed by atoms with E-state index in [0.29, 0.717) is 23.9 Å². The first-order valence-corrected chi connectivity index (χ1v) is 11.0. The molecular formula is C28H20F2N4O. The van der Waals surface area contributed by atoms with Crippen molar-refractivity contribution in [2.24, 2.45) is 0 Å². The van der Waals surface area contributed by atoms with Gasteiger partial charge in [0.15, 0.2) is 11.6 Å². The third kappa shape index (κ3) is 4.99. The van der Waals surface area contributed by atoms with Gasteiger partial charge < -0.3 is 5.32 Å². The van der Waals surface area contributed by atoms with E-state index in [-0.39, 0.29) is 11.4 Å². The number of nitrogens with one attached hydrogen (secondary N) is 1. The number of nitrogens with zero attached hydrogens (tertiary/aromatic N) is 3. The number of anilines is 1. The molecule has 0 aliphatic heterocycles. The third-order valence-corrected chi connectivity index (χ3v) is 5.47. The minimum atomic E-state index is -0.578. The Kier molecular flexibility index (Phi) is 6.13. The molecule has 1 aromatic heterocycles. The van der Waals surface area contributed by atoms with Gasteiger partial charge in [0.1, 0.15) is 11.6 Å². The molecule has 4 aromatic carbocycles. The van der Waals surface area contributed by atoms with Crippen LogP contribution in [0, 0.1) is 11.6 Å². The van der Waals surface area contributed by atoms with Gasteiger partial charge in [-0.1, -0.05) is 54.6 Å². The van der Waals surface area contributed by atoms with Crippen molar-refractivity contribution in [2.75, 3.05) is 5.32 Å². The maximum absolute atomic E-state index is 13.9. The minimum Gasteiger partial charge on any atom is -0.322 e. The summed E-state index contributed by atoms with van der Waals surface area (Å²) in [7, 11) is 0. The predicted molar refractivity (Wildman–Crippen MR) is 131 cm³/mol. The zero-order valence-electron chi connectivity index (χ0n) is 18.5. The van der Waals surface area contributed by atoms with E-state index in [2.05, 4.69) is 5.32 Å². The highest BCUT2D eigenvalue weighted by Gasteiger charge is 2.15. The SMILES string of the molecule is O=C(Nc1ccc(-c2nc(-c3ccccc3)n(Cc3ccc(F)cc3)n2)cc1)c1ccccc1F. The van der Waals surface area contributed by atoms with E-state index in [4.69, 9.17) is 10.1 Å². The van der Waals surface area contributed by atoms with Crippen LogP contribution in [0.1, 0.15) is 15.9 Å². The summed E-state index contributed by atoms with van der Waals surface area (Å²) in [5.41, 5.74) is 3.05. The lowest BCUT2D eigenvalue weighted by molar-refractivity contribution is 0.102. The number of hydrogen-bond acceptors (Lipinski definition) is 3. The minimum absolute atomic E-state index is 0.0229. The molecule has 0 fully saturated rings. The first kappa shape index (κ1) is 22.2. The zero-order chi connectivity index (χ0) is 24.2. The molecular weight excluding hydrogens is 446 g/mol. The summed E-state index contributed by atoms with van der Waals surface area (Å²) >= 11 is 0. The van der Waals surface area contributed by atoms with E-state index in [1.54, 1.807) is 47.1 Å². The smallest absolute Gasteiger partial charge is 0.258 e. The molecule has 5 aromatic rings. The monoisotopic (exact) mass is 466 g/mol. The van der Waals surface area contributed by atoms with Crippen LogP contribution in [0.15, 0.2) is 103 Å². The average molecular weight is 466 g/mol. The molecule has 0 aliphatic carbocycles. The van der Waals surface area contributed by atoms with Gasteiger partial charge in [0.2, 0.25) is 0 Å². The average Bonchev–Trinajstić information content (AvgIpc) is 3.30. The van der Waals surface area contributed by atoms with Crippen LogP contribution in [0.4, 0.5) is 14.5 Å². The van der Waals surface area contributed by atoms with Crippen LogP contribution in [0.3, 0.4) is 0 Å². The molecule has 5 rings (SSSR count). The van der Waals surface area contributed by atoms with Crippen molar-refractivity contribution < 1.29 is 13.6 Å². The number of carbonyl (C=O) groups excluding carboxylic acids is 1. The Hall–Kier alpha value is -4.65. The molecule has 7 heteroatoms. The van der Waals surface area contributed by atoms with Crippen molar-refractivity contribution in [3.05, 3.63) is 126 Å². The van der Waals surface area contributed by atoms with Crippen LogP contribution in [0.5, 0.6) is 0 Å². The van der Waals surface area contributed by atoms with Crippen molar-refractivity contribution in [2.45, 2.75) is 6.54 Å². The predicted octanol–water partition coefficient (Wildman–Crippen LogP) is 6.19. The van der Waals surface area contributed by atoms with Gasteiger partial charge >= 0.3 is 0 Å². The molecule has 5 nitrogen and oxygen atoms in total.